The van der Waals surface area contributed by atoms with Crippen LogP contribution < -0.4 is 10.9 Å². The molecule has 0 fully saturated rings. The van der Waals surface area contributed by atoms with Gasteiger partial charge in [-0.05, 0) is 43.7 Å². The summed E-state index contributed by atoms with van der Waals surface area (Å²) in [7, 11) is 0. The number of nitrogens with one attached hydrogen (secondary N) is 2. The van der Waals surface area contributed by atoms with E-state index in [0.717, 1.165) is 26.6 Å². The van der Waals surface area contributed by atoms with Crippen LogP contribution in [0.15, 0.2) is 47.8 Å². The van der Waals surface area contributed by atoms with Gasteiger partial charge in [0.2, 0.25) is 5.91 Å². The number of imidazole rings is 1. The molecule has 0 spiro atoms. The molecule has 0 aliphatic rings. The maximum absolute atomic E-state index is 12.3. The zero-order valence-corrected chi connectivity index (χ0v) is 16.3. The fraction of sp³-hybridized carbons (Fsp3) is 0.200. The Balaban J connectivity index is 1.40. The second-order valence-electron chi connectivity index (χ2n) is 6.54. The molecule has 4 rings (SSSR count). The summed E-state index contributed by atoms with van der Waals surface area (Å²) in [6.07, 6.45) is 5.90. The number of thiophene rings is 1. The van der Waals surface area contributed by atoms with Gasteiger partial charge < -0.3 is 14.9 Å². The Hall–Kier alpha value is -3.26. The average molecular weight is 393 g/mol. The number of carbonyl (C=O) groups excluding carboxylic acids is 1. The zero-order chi connectivity index (χ0) is 19.7. The number of hydrogen-bond acceptors (Lipinski definition) is 5. The summed E-state index contributed by atoms with van der Waals surface area (Å²) >= 11 is 1.51. The third-order valence-electron chi connectivity index (χ3n) is 4.63. The Morgan fingerprint density at radius 2 is 2.04 bits per heavy atom. The van der Waals surface area contributed by atoms with Crippen LogP contribution in [0.5, 0.6) is 0 Å². The van der Waals surface area contributed by atoms with E-state index < -0.39 is 0 Å². The van der Waals surface area contributed by atoms with Gasteiger partial charge in [0.05, 0.1) is 11.7 Å². The summed E-state index contributed by atoms with van der Waals surface area (Å²) in [4.78, 5) is 37.7. The van der Waals surface area contributed by atoms with Gasteiger partial charge >= 0.3 is 0 Å². The molecule has 28 heavy (non-hydrogen) atoms. The van der Waals surface area contributed by atoms with Gasteiger partial charge in [0.15, 0.2) is 0 Å². The van der Waals surface area contributed by atoms with Crippen molar-refractivity contribution in [1.29, 1.82) is 0 Å². The van der Waals surface area contributed by atoms with Crippen molar-refractivity contribution in [3.63, 3.8) is 0 Å². The Labute approximate surface area is 165 Å². The van der Waals surface area contributed by atoms with Crippen LogP contribution in [-0.4, -0.2) is 25.4 Å². The summed E-state index contributed by atoms with van der Waals surface area (Å²) in [5.41, 5.74) is 2.51. The Morgan fingerprint density at radius 1 is 1.25 bits per heavy atom. The summed E-state index contributed by atoms with van der Waals surface area (Å²) in [5.74, 6) is 0.404. The predicted octanol–water partition coefficient (Wildman–Crippen LogP) is 3.36. The van der Waals surface area contributed by atoms with Gasteiger partial charge in [0, 0.05) is 41.5 Å². The number of fused-ring (bicyclic) bond motifs is 1. The first-order valence-electron chi connectivity index (χ1n) is 8.88. The Bertz CT molecular complexity index is 1190. The van der Waals surface area contributed by atoms with Crippen LogP contribution in [0.1, 0.15) is 22.7 Å². The van der Waals surface area contributed by atoms with Gasteiger partial charge in [-0.2, -0.15) is 0 Å². The van der Waals surface area contributed by atoms with Gasteiger partial charge in [0.25, 0.3) is 5.56 Å². The number of anilines is 1. The van der Waals surface area contributed by atoms with Gasteiger partial charge in [-0.3, -0.25) is 9.59 Å². The van der Waals surface area contributed by atoms with Gasteiger partial charge in [0.1, 0.15) is 10.7 Å². The molecule has 7 nitrogen and oxygen atoms in total. The highest BCUT2D eigenvalue weighted by Gasteiger charge is 2.12. The molecule has 142 valence electrons. The Kier molecular flexibility index (Phi) is 4.79. The summed E-state index contributed by atoms with van der Waals surface area (Å²) < 4.78 is 1.89. The second kappa shape index (κ2) is 7.40. The van der Waals surface area contributed by atoms with E-state index in [1.54, 1.807) is 12.5 Å². The van der Waals surface area contributed by atoms with Gasteiger partial charge in [-0.25, -0.2) is 9.97 Å². The summed E-state index contributed by atoms with van der Waals surface area (Å²) in [6.45, 7) is 3.91. The lowest BCUT2D eigenvalue weighted by molar-refractivity contribution is -0.116. The van der Waals surface area contributed by atoms with Crippen molar-refractivity contribution in [3.05, 3.63) is 69.6 Å². The molecule has 0 radical (unpaired) electrons. The fourth-order valence-corrected chi connectivity index (χ4v) is 4.05. The van der Waals surface area contributed by atoms with Gasteiger partial charge in [-0.15, -0.1) is 11.3 Å². The molecule has 0 unspecified atom stereocenters. The molecule has 0 aliphatic heterocycles. The molecule has 1 aromatic carbocycles. The summed E-state index contributed by atoms with van der Waals surface area (Å²) in [6, 6.07) is 7.50. The van der Waals surface area contributed by atoms with Crippen LogP contribution >= 0.6 is 11.3 Å². The van der Waals surface area contributed by atoms with Crippen LogP contribution in [0.2, 0.25) is 0 Å². The number of rotatable bonds is 5. The van der Waals surface area contributed by atoms with Gasteiger partial charge in [-0.1, -0.05) is 0 Å². The molecule has 4 aromatic rings. The normalized spacial score (nSPS) is 11.1. The van der Waals surface area contributed by atoms with Crippen molar-refractivity contribution >= 4 is 33.1 Å². The van der Waals surface area contributed by atoms with E-state index in [9.17, 15) is 9.59 Å². The average Bonchev–Trinajstić information content (AvgIpc) is 3.30. The van der Waals surface area contributed by atoms with Crippen LogP contribution in [-0.2, 0) is 11.2 Å². The third-order valence-corrected chi connectivity index (χ3v) is 5.73. The predicted molar refractivity (Wildman–Crippen MR) is 110 cm³/mol. The molecular weight excluding hydrogens is 374 g/mol. The van der Waals surface area contributed by atoms with E-state index in [0.29, 0.717) is 17.6 Å². The molecule has 3 heterocycles. The van der Waals surface area contributed by atoms with Crippen LogP contribution in [0.3, 0.4) is 0 Å². The zero-order valence-electron chi connectivity index (χ0n) is 15.5. The molecule has 0 saturated carbocycles. The molecule has 1 amide bonds. The monoisotopic (exact) mass is 393 g/mol. The molecule has 0 atom stereocenters. The maximum Gasteiger partial charge on any atom is 0.259 e. The molecular formula is C20H19N5O2S. The molecule has 0 saturated heterocycles. The fourth-order valence-electron chi connectivity index (χ4n) is 3.00. The van der Waals surface area contributed by atoms with E-state index in [-0.39, 0.29) is 17.9 Å². The number of aromatic nitrogens is 4. The topological polar surface area (TPSA) is 92.7 Å². The van der Waals surface area contributed by atoms with Crippen molar-refractivity contribution in [1.82, 2.24) is 19.5 Å². The number of aryl methyl sites for hydroxylation is 3. The van der Waals surface area contributed by atoms with Crippen LogP contribution in [0, 0.1) is 13.8 Å². The van der Waals surface area contributed by atoms with Crippen molar-refractivity contribution in [2.24, 2.45) is 0 Å². The SMILES string of the molecule is Cc1sc2nc(CCC(=O)Nc3ccc(-n4ccnc4)cc3)[nH]c(=O)c2c1C. The number of benzene rings is 1. The first-order chi connectivity index (χ1) is 13.5. The second-order valence-corrected chi connectivity index (χ2v) is 7.74. The third kappa shape index (κ3) is 3.59. The number of carbonyl (C=O) groups is 1. The highest BCUT2D eigenvalue weighted by atomic mass is 32.1. The summed E-state index contributed by atoms with van der Waals surface area (Å²) in [5, 5.41) is 3.52. The Morgan fingerprint density at radius 3 is 2.75 bits per heavy atom. The minimum Gasteiger partial charge on any atom is -0.326 e. The lowest BCUT2D eigenvalue weighted by atomic mass is 10.2. The highest BCUT2D eigenvalue weighted by Crippen LogP contribution is 2.25. The number of aromatic amines is 1. The lowest BCUT2D eigenvalue weighted by Gasteiger charge is -2.07. The highest BCUT2D eigenvalue weighted by molar-refractivity contribution is 7.18. The van der Waals surface area contributed by atoms with Crippen molar-refractivity contribution in [2.45, 2.75) is 26.7 Å². The molecule has 3 aromatic heterocycles. The minimum atomic E-state index is -0.141. The number of nitrogens with zero attached hydrogens (tertiary/aromatic N) is 3. The largest absolute Gasteiger partial charge is 0.326 e. The van der Waals surface area contributed by atoms with Crippen molar-refractivity contribution in [2.75, 3.05) is 5.32 Å². The smallest absolute Gasteiger partial charge is 0.259 e. The quantitative estimate of drug-likeness (QED) is 0.544. The number of amides is 1. The molecule has 0 bridgehead atoms. The number of hydrogen-bond donors (Lipinski definition) is 2. The first-order valence-corrected chi connectivity index (χ1v) is 9.70. The molecule has 2 N–H and O–H groups in total. The molecule has 8 heteroatoms. The van der Waals surface area contributed by atoms with Crippen molar-refractivity contribution in [3.8, 4) is 5.69 Å². The van der Waals surface area contributed by atoms with Crippen LogP contribution in [0.25, 0.3) is 15.9 Å². The van der Waals surface area contributed by atoms with Crippen LogP contribution in [0.4, 0.5) is 5.69 Å². The van der Waals surface area contributed by atoms with E-state index >= 15 is 0 Å². The van der Waals surface area contributed by atoms with E-state index in [1.807, 2.05) is 48.9 Å². The van der Waals surface area contributed by atoms with E-state index in [4.69, 9.17) is 0 Å². The van der Waals surface area contributed by atoms with E-state index in [1.165, 1.54) is 11.3 Å². The first kappa shape index (κ1) is 18.1. The number of H-pyrrole nitrogens is 1. The molecule has 0 aliphatic carbocycles. The minimum absolute atomic E-state index is 0.128. The maximum atomic E-state index is 12.3. The van der Waals surface area contributed by atoms with Crippen molar-refractivity contribution < 1.29 is 4.79 Å². The lowest BCUT2D eigenvalue weighted by Crippen LogP contribution is -2.16. The standard InChI is InChI=1S/C20H19N5O2S/c1-12-13(2)28-20-18(12)19(27)23-16(24-20)7-8-17(26)22-14-3-5-15(6-4-14)25-10-9-21-11-25/h3-6,9-11H,7-8H2,1-2H3,(H,22,26)(H,23,24,27). The van der Waals surface area contributed by atoms with E-state index in [2.05, 4.69) is 20.3 Å².